The van der Waals surface area contributed by atoms with Gasteiger partial charge in [-0.3, -0.25) is 14.4 Å². The molecule has 0 amide bonds. The second kappa shape index (κ2) is 65.5. The number of hydrogen-bond acceptors (Lipinski definition) is 6. The highest BCUT2D eigenvalue weighted by Gasteiger charge is 2.19. The van der Waals surface area contributed by atoms with E-state index in [0.29, 0.717) is 19.3 Å². The lowest BCUT2D eigenvalue weighted by Gasteiger charge is -2.18. The van der Waals surface area contributed by atoms with Gasteiger partial charge in [-0.05, 0) is 141 Å². The Morgan fingerprint density at radius 2 is 0.506 bits per heavy atom. The lowest BCUT2D eigenvalue weighted by Crippen LogP contribution is -2.30. The van der Waals surface area contributed by atoms with Crippen molar-refractivity contribution in [3.8, 4) is 0 Å². The van der Waals surface area contributed by atoms with Gasteiger partial charge in [-0.2, -0.15) is 0 Å². The number of allylic oxidation sites excluding steroid dienone is 26. The van der Waals surface area contributed by atoms with Crippen molar-refractivity contribution in [2.45, 2.75) is 271 Å². The molecule has 0 fully saturated rings. The van der Waals surface area contributed by atoms with E-state index in [1.54, 1.807) is 0 Å². The third-order valence-corrected chi connectivity index (χ3v) is 13.0. The van der Waals surface area contributed by atoms with Gasteiger partial charge >= 0.3 is 17.9 Å². The van der Waals surface area contributed by atoms with Crippen LogP contribution in [-0.2, 0) is 28.6 Å². The van der Waals surface area contributed by atoms with Crippen LogP contribution in [0.4, 0.5) is 0 Å². The van der Waals surface area contributed by atoms with Gasteiger partial charge in [-0.1, -0.05) is 262 Å². The lowest BCUT2D eigenvalue weighted by atomic mass is 10.1. The molecular formula is C73H116O6. The third-order valence-electron chi connectivity index (χ3n) is 13.0. The first-order valence-electron chi connectivity index (χ1n) is 32.0. The zero-order valence-electron chi connectivity index (χ0n) is 50.8. The van der Waals surface area contributed by atoms with Crippen LogP contribution in [0.3, 0.4) is 0 Å². The van der Waals surface area contributed by atoms with Gasteiger partial charge in [0.1, 0.15) is 13.2 Å². The topological polar surface area (TPSA) is 78.9 Å². The molecule has 0 bridgehead atoms. The Hall–Kier alpha value is -4.97. The molecule has 1 unspecified atom stereocenters. The number of rotatable bonds is 56. The molecule has 444 valence electrons. The molecule has 0 N–H and O–H groups in total. The molecule has 0 aromatic carbocycles. The Morgan fingerprint density at radius 1 is 0.266 bits per heavy atom. The fraction of sp³-hybridized carbons (Fsp3) is 0.603. The second-order valence-electron chi connectivity index (χ2n) is 20.5. The quantitative estimate of drug-likeness (QED) is 0.0261. The summed E-state index contributed by atoms with van der Waals surface area (Å²) in [6.07, 6.45) is 95.3. The molecule has 0 rings (SSSR count). The summed E-state index contributed by atoms with van der Waals surface area (Å²) in [4.78, 5) is 38.3. The summed E-state index contributed by atoms with van der Waals surface area (Å²) in [6.45, 7) is 6.34. The second-order valence-corrected chi connectivity index (χ2v) is 20.5. The summed E-state index contributed by atoms with van der Waals surface area (Å²) in [5, 5.41) is 0. The van der Waals surface area contributed by atoms with Crippen LogP contribution in [-0.4, -0.2) is 37.2 Å². The smallest absolute Gasteiger partial charge is 0.306 e. The van der Waals surface area contributed by atoms with E-state index in [4.69, 9.17) is 14.2 Å². The van der Waals surface area contributed by atoms with E-state index in [-0.39, 0.29) is 37.5 Å². The van der Waals surface area contributed by atoms with E-state index < -0.39 is 6.10 Å². The molecule has 0 aliphatic carbocycles. The zero-order chi connectivity index (χ0) is 57.1. The van der Waals surface area contributed by atoms with E-state index in [2.05, 4.69) is 179 Å². The molecule has 1 atom stereocenters. The number of esters is 3. The fourth-order valence-electron chi connectivity index (χ4n) is 8.28. The van der Waals surface area contributed by atoms with Gasteiger partial charge in [0.25, 0.3) is 0 Å². The Balaban J connectivity index is 4.55. The van der Waals surface area contributed by atoms with Gasteiger partial charge in [-0.15, -0.1) is 0 Å². The molecular weight excluding hydrogens is 973 g/mol. The minimum absolute atomic E-state index is 0.113. The molecule has 0 saturated heterocycles. The van der Waals surface area contributed by atoms with Gasteiger partial charge in [0.15, 0.2) is 6.10 Å². The normalized spacial score (nSPS) is 13.2. The molecule has 0 aliphatic heterocycles. The highest BCUT2D eigenvalue weighted by molar-refractivity contribution is 5.71. The molecule has 0 heterocycles. The maximum atomic E-state index is 12.9. The Labute approximate surface area is 486 Å². The summed E-state index contributed by atoms with van der Waals surface area (Å²) in [5.74, 6) is -1.000. The van der Waals surface area contributed by atoms with Crippen molar-refractivity contribution >= 4 is 17.9 Å². The van der Waals surface area contributed by atoms with Crippen molar-refractivity contribution in [2.24, 2.45) is 0 Å². The number of hydrogen-bond donors (Lipinski definition) is 0. The van der Waals surface area contributed by atoms with E-state index >= 15 is 0 Å². The van der Waals surface area contributed by atoms with Gasteiger partial charge in [-0.25, -0.2) is 0 Å². The van der Waals surface area contributed by atoms with Crippen LogP contribution in [0, 0.1) is 0 Å². The van der Waals surface area contributed by atoms with Crippen molar-refractivity contribution in [3.63, 3.8) is 0 Å². The van der Waals surface area contributed by atoms with E-state index in [0.717, 1.165) is 141 Å². The SMILES string of the molecule is CC/C=C\C/C=C\C/C=C\C/C=C\C/C=C\C/C=C\C/C=C\CCCC(=O)OCC(COC(=O)CCCCCCCCC/C=C\C/C=C\C/C=C\CC)OC(=O)CCCCCCCC/C=C\C/C=C\C/C=C\CCCCCCC. The Kier molecular flexibility index (Phi) is 61.4. The monoisotopic (exact) mass is 1090 g/mol. The highest BCUT2D eigenvalue weighted by Crippen LogP contribution is 2.14. The molecule has 0 aromatic heterocycles. The standard InChI is InChI=1S/C73H116O6/c1-4-7-10-13-16-19-22-25-28-31-33-35-36-38-39-42-45-48-51-54-57-60-63-66-72(75)78-69-70(68-77-71(74)65-62-59-56-53-50-47-44-41-30-27-24-21-18-15-12-9-6-3)79-73(76)67-64-61-58-55-52-49-46-43-40-37-34-32-29-26-23-20-17-14-11-8-5-2/h7,9-10,12,16,18-19,21,23,25-28,30,32-35,38-40,43,45,48,54,57,70H,4-6,8,11,13-15,17,20,22,24,29,31,36-37,41-42,44,46-47,49-53,55-56,58-69H2,1-3H3/b10-7-,12-9-,19-16-,21-18-,26-23-,28-25-,30-27-,34-32-,35-33-,39-38-,43-40-,48-45-,57-54-. The van der Waals surface area contributed by atoms with Gasteiger partial charge < -0.3 is 14.2 Å². The summed E-state index contributed by atoms with van der Waals surface area (Å²) >= 11 is 0. The number of carbonyl (C=O) groups is 3. The summed E-state index contributed by atoms with van der Waals surface area (Å²) in [6, 6.07) is 0. The van der Waals surface area contributed by atoms with Gasteiger partial charge in [0.2, 0.25) is 0 Å². The molecule has 79 heavy (non-hydrogen) atoms. The van der Waals surface area contributed by atoms with Crippen LogP contribution in [0.15, 0.2) is 158 Å². The van der Waals surface area contributed by atoms with Gasteiger partial charge in [0.05, 0.1) is 0 Å². The average Bonchev–Trinajstić information content (AvgIpc) is 3.45. The molecule has 6 heteroatoms. The average molecular weight is 1090 g/mol. The van der Waals surface area contributed by atoms with E-state index in [9.17, 15) is 14.4 Å². The van der Waals surface area contributed by atoms with Crippen LogP contribution >= 0.6 is 0 Å². The predicted octanol–water partition coefficient (Wildman–Crippen LogP) is 22.1. The van der Waals surface area contributed by atoms with Crippen LogP contribution in [0.5, 0.6) is 0 Å². The van der Waals surface area contributed by atoms with Crippen molar-refractivity contribution in [3.05, 3.63) is 158 Å². The van der Waals surface area contributed by atoms with Crippen LogP contribution in [0.25, 0.3) is 0 Å². The summed E-state index contributed by atoms with van der Waals surface area (Å²) in [5.41, 5.74) is 0. The molecule has 6 nitrogen and oxygen atoms in total. The highest BCUT2D eigenvalue weighted by atomic mass is 16.6. The Bertz CT molecular complexity index is 1780. The molecule has 0 spiro atoms. The van der Waals surface area contributed by atoms with Crippen molar-refractivity contribution in [1.82, 2.24) is 0 Å². The third kappa shape index (κ3) is 63.7. The molecule has 0 aliphatic rings. The van der Waals surface area contributed by atoms with E-state index in [1.807, 2.05) is 0 Å². The fourth-order valence-corrected chi connectivity index (χ4v) is 8.28. The largest absolute Gasteiger partial charge is 0.462 e. The van der Waals surface area contributed by atoms with Crippen molar-refractivity contribution < 1.29 is 28.6 Å². The van der Waals surface area contributed by atoms with Crippen LogP contribution < -0.4 is 0 Å². The predicted molar refractivity (Wildman–Crippen MR) is 343 cm³/mol. The van der Waals surface area contributed by atoms with E-state index in [1.165, 1.54) is 77.0 Å². The van der Waals surface area contributed by atoms with Crippen LogP contribution in [0.1, 0.15) is 265 Å². The van der Waals surface area contributed by atoms with Crippen LogP contribution in [0.2, 0.25) is 0 Å². The number of unbranched alkanes of at least 4 members (excludes halogenated alkanes) is 19. The number of ether oxygens (including phenoxy) is 3. The minimum Gasteiger partial charge on any atom is -0.462 e. The first-order valence-corrected chi connectivity index (χ1v) is 32.0. The maximum absolute atomic E-state index is 12.9. The van der Waals surface area contributed by atoms with Crippen molar-refractivity contribution in [2.75, 3.05) is 13.2 Å². The first kappa shape index (κ1) is 74.0. The minimum atomic E-state index is -0.823. The van der Waals surface area contributed by atoms with Gasteiger partial charge in [0, 0.05) is 19.3 Å². The number of carbonyl (C=O) groups excluding carboxylic acids is 3. The molecule has 0 radical (unpaired) electrons. The lowest BCUT2D eigenvalue weighted by molar-refractivity contribution is -0.167. The zero-order valence-corrected chi connectivity index (χ0v) is 50.8. The summed E-state index contributed by atoms with van der Waals surface area (Å²) in [7, 11) is 0. The van der Waals surface area contributed by atoms with Crippen molar-refractivity contribution in [1.29, 1.82) is 0 Å². The summed E-state index contributed by atoms with van der Waals surface area (Å²) < 4.78 is 16.9. The molecule has 0 saturated carbocycles. The molecule has 0 aromatic rings. The first-order chi connectivity index (χ1) is 39.0. The maximum Gasteiger partial charge on any atom is 0.306 e. The Morgan fingerprint density at radius 3 is 0.823 bits per heavy atom.